The van der Waals surface area contributed by atoms with Gasteiger partial charge in [0.2, 0.25) is 5.91 Å². The smallest absolute Gasteiger partial charge is 0.305 e. The van der Waals surface area contributed by atoms with Gasteiger partial charge in [-0.05, 0) is 77.0 Å². The Morgan fingerprint density at radius 3 is 1.18 bits per heavy atom. The first-order valence-corrected chi connectivity index (χ1v) is 27.1. The second-order valence-electron chi connectivity index (χ2n) is 18.6. The van der Waals surface area contributed by atoms with E-state index >= 15 is 0 Å². The SMILES string of the molecule is CCCCCC/C=C\CCCCCCCC(=O)OCCCCCCCCCCCC/C=C\CCCCCCCCCC(=O)NC(CO)C(O)CCCCCCCCCCCC. The quantitative estimate of drug-likeness (QED) is 0.0322. The molecule has 6 heteroatoms. The van der Waals surface area contributed by atoms with Crippen LogP contribution >= 0.6 is 0 Å². The summed E-state index contributed by atoms with van der Waals surface area (Å²) in [5.41, 5.74) is 0. The molecule has 0 heterocycles. The van der Waals surface area contributed by atoms with Crippen LogP contribution in [0, 0.1) is 0 Å². The van der Waals surface area contributed by atoms with Gasteiger partial charge in [0.15, 0.2) is 0 Å². The van der Waals surface area contributed by atoms with Crippen LogP contribution in [0.5, 0.6) is 0 Å². The summed E-state index contributed by atoms with van der Waals surface area (Å²) in [6.07, 6.45) is 60.2. The number of nitrogens with one attached hydrogen (secondary N) is 1. The molecule has 6 nitrogen and oxygen atoms in total. The molecule has 0 radical (unpaired) electrons. The second kappa shape index (κ2) is 51.0. The minimum absolute atomic E-state index is 0.00136. The lowest BCUT2D eigenvalue weighted by molar-refractivity contribution is -0.143. The molecule has 0 fully saturated rings. The Morgan fingerprint density at radius 1 is 0.443 bits per heavy atom. The highest BCUT2D eigenvalue weighted by atomic mass is 16.5. The molecule has 0 aliphatic rings. The number of aliphatic hydroxyl groups is 2. The summed E-state index contributed by atoms with van der Waals surface area (Å²) in [7, 11) is 0. The first-order chi connectivity index (χ1) is 30.0. The standard InChI is InChI=1S/C55H105NO5/c1-3-5-7-9-11-13-15-25-29-33-37-41-45-49-55(60)61-50-46-42-38-34-30-27-24-22-20-18-16-17-19-21-23-26-28-32-36-40-44-48-54(59)56-52(51-57)53(58)47-43-39-35-31-14-12-10-8-6-4-2/h13,15,17,19,52-53,57-58H,3-12,14,16,18,20-51H2,1-2H3,(H,56,59)/b15-13-,19-17-. The molecule has 0 aromatic rings. The van der Waals surface area contributed by atoms with Gasteiger partial charge in [-0.3, -0.25) is 9.59 Å². The van der Waals surface area contributed by atoms with Gasteiger partial charge < -0.3 is 20.3 Å². The fourth-order valence-corrected chi connectivity index (χ4v) is 8.28. The van der Waals surface area contributed by atoms with E-state index in [4.69, 9.17) is 4.74 Å². The minimum atomic E-state index is -0.667. The second-order valence-corrected chi connectivity index (χ2v) is 18.6. The number of hydrogen-bond donors (Lipinski definition) is 3. The normalized spacial score (nSPS) is 12.8. The van der Waals surface area contributed by atoms with Crippen molar-refractivity contribution in [3.8, 4) is 0 Å². The van der Waals surface area contributed by atoms with Crippen LogP contribution in [0.2, 0.25) is 0 Å². The van der Waals surface area contributed by atoms with E-state index in [-0.39, 0.29) is 18.5 Å². The molecule has 0 spiro atoms. The third-order valence-electron chi connectivity index (χ3n) is 12.5. The number of amides is 1. The number of ether oxygens (including phenoxy) is 1. The summed E-state index contributed by atoms with van der Waals surface area (Å²) in [4.78, 5) is 24.4. The Hall–Kier alpha value is -1.66. The number of unbranched alkanes of at least 4 members (excludes halogenated alkanes) is 35. The third kappa shape index (κ3) is 47.7. The maximum absolute atomic E-state index is 12.4. The van der Waals surface area contributed by atoms with Gasteiger partial charge in [0.05, 0.1) is 25.4 Å². The summed E-state index contributed by atoms with van der Waals surface area (Å²) in [6.45, 7) is 4.91. The molecular formula is C55H105NO5. The van der Waals surface area contributed by atoms with Gasteiger partial charge in [-0.1, -0.05) is 224 Å². The van der Waals surface area contributed by atoms with E-state index in [1.54, 1.807) is 0 Å². The molecule has 0 bridgehead atoms. The van der Waals surface area contributed by atoms with Crippen molar-refractivity contribution in [1.29, 1.82) is 0 Å². The first kappa shape index (κ1) is 59.3. The Labute approximate surface area is 380 Å². The molecule has 0 aliphatic carbocycles. The number of aliphatic hydroxyl groups excluding tert-OH is 2. The van der Waals surface area contributed by atoms with E-state index < -0.39 is 12.1 Å². The van der Waals surface area contributed by atoms with Crippen LogP contribution in [0.1, 0.15) is 290 Å². The highest BCUT2D eigenvalue weighted by Gasteiger charge is 2.20. The average molecular weight is 860 g/mol. The lowest BCUT2D eigenvalue weighted by Crippen LogP contribution is -2.45. The minimum Gasteiger partial charge on any atom is -0.466 e. The summed E-state index contributed by atoms with van der Waals surface area (Å²) < 4.78 is 5.46. The van der Waals surface area contributed by atoms with Crippen molar-refractivity contribution < 1.29 is 24.5 Å². The van der Waals surface area contributed by atoms with Crippen molar-refractivity contribution in [2.75, 3.05) is 13.2 Å². The molecule has 0 rings (SSSR count). The first-order valence-electron chi connectivity index (χ1n) is 27.1. The van der Waals surface area contributed by atoms with Gasteiger partial charge in [-0.2, -0.15) is 0 Å². The van der Waals surface area contributed by atoms with Gasteiger partial charge in [0.25, 0.3) is 0 Å². The maximum atomic E-state index is 12.4. The van der Waals surface area contributed by atoms with Crippen LogP contribution in [0.15, 0.2) is 24.3 Å². The van der Waals surface area contributed by atoms with Crippen LogP contribution in [-0.4, -0.2) is 47.4 Å². The predicted octanol–water partition coefficient (Wildman–Crippen LogP) is 16.3. The molecule has 0 saturated carbocycles. The van der Waals surface area contributed by atoms with Crippen molar-refractivity contribution >= 4 is 11.9 Å². The molecule has 360 valence electrons. The van der Waals surface area contributed by atoms with Gasteiger partial charge in [-0.25, -0.2) is 0 Å². The molecule has 3 N–H and O–H groups in total. The highest BCUT2D eigenvalue weighted by Crippen LogP contribution is 2.16. The summed E-state index contributed by atoms with van der Waals surface area (Å²) in [6, 6.07) is -0.545. The summed E-state index contributed by atoms with van der Waals surface area (Å²) >= 11 is 0. The number of hydrogen-bond acceptors (Lipinski definition) is 5. The predicted molar refractivity (Wildman–Crippen MR) is 264 cm³/mol. The maximum Gasteiger partial charge on any atom is 0.305 e. The van der Waals surface area contributed by atoms with Crippen molar-refractivity contribution in [3.63, 3.8) is 0 Å². The zero-order valence-electron chi connectivity index (χ0n) is 40.9. The van der Waals surface area contributed by atoms with Gasteiger partial charge in [0.1, 0.15) is 0 Å². The van der Waals surface area contributed by atoms with E-state index in [2.05, 4.69) is 43.5 Å². The number of allylic oxidation sites excluding steroid dienone is 4. The van der Waals surface area contributed by atoms with Crippen LogP contribution < -0.4 is 5.32 Å². The van der Waals surface area contributed by atoms with E-state index in [1.807, 2.05) is 0 Å². The molecule has 61 heavy (non-hydrogen) atoms. The Balaban J connectivity index is 3.41. The van der Waals surface area contributed by atoms with Crippen molar-refractivity contribution in [3.05, 3.63) is 24.3 Å². The van der Waals surface area contributed by atoms with E-state index in [9.17, 15) is 19.8 Å². The summed E-state index contributed by atoms with van der Waals surface area (Å²) in [5, 5.41) is 23.1. The fourth-order valence-electron chi connectivity index (χ4n) is 8.28. The number of carbonyl (C=O) groups is 2. The Morgan fingerprint density at radius 2 is 0.770 bits per heavy atom. The number of carbonyl (C=O) groups excluding carboxylic acids is 2. The van der Waals surface area contributed by atoms with Crippen LogP contribution in [-0.2, 0) is 14.3 Å². The van der Waals surface area contributed by atoms with Crippen LogP contribution in [0.3, 0.4) is 0 Å². The molecular weight excluding hydrogens is 755 g/mol. The average Bonchev–Trinajstić information content (AvgIpc) is 3.26. The number of rotatable bonds is 50. The Kier molecular flexibility index (Phi) is 49.6. The number of esters is 1. The van der Waals surface area contributed by atoms with Gasteiger partial charge in [0, 0.05) is 12.8 Å². The van der Waals surface area contributed by atoms with Crippen molar-refractivity contribution in [2.45, 2.75) is 302 Å². The van der Waals surface area contributed by atoms with Crippen LogP contribution in [0.25, 0.3) is 0 Å². The van der Waals surface area contributed by atoms with Crippen LogP contribution in [0.4, 0.5) is 0 Å². The molecule has 2 atom stereocenters. The van der Waals surface area contributed by atoms with E-state index in [1.165, 1.54) is 212 Å². The zero-order chi connectivity index (χ0) is 44.4. The van der Waals surface area contributed by atoms with E-state index in [0.29, 0.717) is 25.9 Å². The summed E-state index contributed by atoms with van der Waals surface area (Å²) in [5.74, 6) is -0.0459. The molecule has 0 aromatic carbocycles. The zero-order valence-corrected chi connectivity index (χ0v) is 40.9. The highest BCUT2D eigenvalue weighted by molar-refractivity contribution is 5.76. The van der Waals surface area contributed by atoms with Gasteiger partial charge >= 0.3 is 5.97 Å². The lowest BCUT2D eigenvalue weighted by atomic mass is 10.0. The molecule has 2 unspecified atom stereocenters. The fraction of sp³-hybridized carbons (Fsp3) is 0.891. The molecule has 0 aliphatic heterocycles. The van der Waals surface area contributed by atoms with E-state index in [0.717, 1.165) is 44.9 Å². The van der Waals surface area contributed by atoms with Crippen molar-refractivity contribution in [1.82, 2.24) is 5.32 Å². The molecule has 0 saturated heterocycles. The van der Waals surface area contributed by atoms with Crippen molar-refractivity contribution in [2.24, 2.45) is 0 Å². The Bertz CT molecular complexity index is 951. The van der Waals surface area contributed by atoms with Gasteiger partial charge in [-0.15, -0.1) is 0 Å². The topological polar surface area (TPSA) is 95.9 Å². The lowest BCUT2D eigenvalue weighted by Gasteiger charge is -2.22. The largest absolute Gasteiger partial charge is 0.466 e. The molecule has 0 aromatic heterocycles. The third-order valence-corrected chi connectivity index (χ3v) is 12.5. The molecule has 1 amide bonds. The monoisotopic (exact) mass is 860 g/mol.